The summed E-state index contributed by atoms with van der Waals surface area (Å²) >= 11 is 6.56. The highest BCUT2D eigenvalue weighted by molar-refractivity contribution is 9.10. The molecule has 0 aliphatic heterocycles. The van der Waals surface area contributed by atoms with Gasteiger partial charge >= 0.3 is 0 Å². The number of Topliss-reactive ketones (excluding diaryl/α,β-unsaturated/α-hetero) is 1. The Morgan fingerprint density at radius 1 is 1.45 bits per heavy atom. The first kappa shape index (κ1) is 13.9. The Morgan fingerprint density at radius 3 is 3.15 bits per heavy atom. The van der Waals surface area contributed by atoms with E-state index in [0.29, 0.717) is 12.2 Å². The lowest BCUT2D eigenvalue weighted by atomic mass is 10.2. The number of carbonyl (C=O) groups is 1. The summed E-state index contributed by atoms with van der Waals surface area (Å²) in [6.07, 6.45) is 4.28. The molecule has 0 saturated heterocycles. The van der Waals surface area contributed by atoms with Crippen LogP contribution in [-0.4, -0.2) is 20.9 Å². The predicted molar refractivity (Wildman–Crippen MR) is 86.6 cm³/mol. The maximum atomic E-state index is 12.0. The Kier molecular flexibility index (Phi) is 4.24. The summed E-state index contributed by atoms with van der Waals surface area (Å²) in [6, 6.07) is 7.98. The molecule has 6 heteroatoms. The monoisotopic (exact) mass is 366 g/mol. The van der Waals surface area contributed by atoms with Crippen molar-refractivity contribution in [2.24, 2.45) is 0 Å². The molecule has 3 nitrogen and oxygen atoms in total. The number of hydrogen-bond donors (Lipinski definition) is 0. The van der Waals surface area contributed by atoms with Crippen LogP contribution in [0.3, 0.4) is 0 Å². The van der Waals surface area contributed by atoms with Gasteiger partial charge in [-0.15, -0.1) is 23.1 Å². The number of fused-ring (bicyclic) bond motifs is 1. The highest BCUT2D eigenvalue weighted by atomic mass is 79.9. The molecule has 0 bridgehead atoms. The fraction of sp³-hybridized carbons (Fsp3) is 0.143. The van der Waals surface area contributed by atoms with E-state index in [1.54, 1.807) is 23.1 Å². The van der Waals surface area contributed by atoms with Gasteiger partial charge in [0, 0.05) is 27.1 Å². The molecule has 0 aliphatic carbocycles. The lowest BCUT2D eigenvalue weighted by Gasteiger charge is -2.01. The molecule has 0 spiro atoms. The van der Waals surface area contributed by atoms with Crippen molar-refractivity contribution in [1.29, 1.82) is 0 Å². The molecule has 0 fully saturated rings. The van der Waals surface area contributed by atoms with E-state index in [4.69, 9.17) is 0 Å². The van der Waals surface area contributed by atoms with Crippen LogP contribution < -0.4 is 0 Å². The first-order valence-electron chi connectivity index (χ1n) is 6.02. The van der Waals surface area contributed by atoms with Crippen molar-refractivity contribution in [3.05, 3.63) is 52.2 Å². The van der Waals surface area contributed by atoms with E-state index in [9.17, 15) is 4.79 Å². The van der Waals surface area contributed by atoms with Gasteiger partial charge in [-0.3, -0.25) is 9.20 Å². The van der Waals surface area contributed by atoms with Crippen molar-refractivity contribution in [1.82, 2.24) is 9.38 Å². The van der Waals surface area contributed by atoms with E-state index >= 15 is 0 Å². The Bertz CT molecular complexity index is 722. The molecule has 0 saturated carbocycles. The van der Waals surface area contributed by atoms with Crippen LogP contribution in [0.1, 0.15) is 5.69 Å². The molecule has 0 amide bonds. The summed E-state index contributed by atoms with van der Waals surface area (Å²) in [5.74, 6) is 0.669. The van der Waals surface area contributed by atoms with Crippen LogP contribution in [0.25, 0.3) is 4.96 Å². The number of aromatic nitrogens is 2. The van der Waals surface area contributed by atoms with Gasteiger partial charge in [0.05, 0.1) is 17.9 Å². The Labute approximate surface area is 133 Å². The number of hydrogen-bond acceptors (Lipinski definition) is 4. The van der Waals surface area contributed by atoms with Crippen molar-refractivity contribution in [2.45, 2.75) is 11.3 Å². The minimum absolute atomic E-state index is 0.195. The van der Waals surface area contributed by atoms with Gasteiger partial charge in [0.25, 0.3) is 0 Å². The number of thiazole rings is 1. The molecule has 3 rings (SSSR count). The van der Waals surface area contributed by atoms with Gasteiger partial charge in [0.15, 0.2) is 4.96 Å². The zero-order valence-electron chi connectivity index (χ0n) is 10.5. The van der Waals surface area contributed by atoms with E-state index in [-0.39, 0.29) is 5.78 Å². The van der Waals surface area contributed by atoms with Crippen LogP contribution in [-0.2, 0) is 11.2 Å². The minimum atomic E-state index is 0.195. The topological polar surface area (TPSA) is 34.4 Å². The molecular formula is C14H11BrN2OS2. The van der Waals surface area contributed by atoms with Gasteiger partial charge in [-0.1, -0.05) is 22.0 Å². The molecule has 3 aromatic rings. The largest absolute Gasteiger partial charge is 0.298 e. The molecule has 2 aromatic heterocycles. The number of rotatable bonds is 5. The van der Waals surface area contributed by atoms with Crippen LogP contribution in [0, 0.1) is 0 Å². The number of ketones is 1. The van der Waals surface area contributed by atoms with Gasteiger partial charge in [-0.25, -0.2) is 4.98 Å². The summed E-state index contributed by atoms with van der Waals surface area (Å²) in [7, 11) is 0. The second kappa shape index (κ2) is 6.11. The van der Waals surface area contributed by atoms with E-state index in [1.807, 2.05) is 46.4 Å². The molecule has 0 N–H and O–H groups in total. The summed E-state index contributed by atoms with van der Waals surface area (Å²) in [5.41, 5.74) is 0.844. The lowest BCUT2D eigenvalue weighted by Crippen LogP contribution is -2.05. The second-order valence-corrected chi connectivity index (χ2v) is 7.12. The second-order valence-electron chi connectivity index (χ2n) is 4.29. The summed E-state index contributed by atoms with van der Waals surface area (Å²) in [4.78, 5) is 18.4. The molecule has 0 aliphatic rings. The van der Waals surface area contributed by atoms with Crippen LogP contribution in [0.2, 0.25) is 0 Å². The molecule has 2 heterocycles. The smallest absolute Gasteiger partial charge is 0.193 e. The Hall–Kier alpha value is -1.11. The molecule has 1 aromatic carbocycles. The van der Waals surface area contributed by atoms with E-state index in [2.05, 4.69) is 20.9 Å². The zero-order valence-corrected chi connectivity index (χ0v) is 13.7. The number of benzene rings is 1. The molecule has 0 atom stereocenters. The number of imidazole rings is 1. The number of nitrogens with zero attached hydrogens (tertiary/aromatic N) is 2. The van der Waals surface area contributed by atoms with Crippen molar-refractivity contribution in [2.75, 3.05) is 5.75 Å². The van der Waals surface area contributed by atoms with Crippen LogP contribution in [0.5, 0.6) is 0 Å². The highest BCUT2D eigenvalue weighted by Gasteiger charge is 2.09. The van der Waals surface area contributed by atoms with Crippen molar-refractivity contribution < 1.29 is 4.79 Å². The normalized spacial score (nSPS) is 11.1. The number of carbonyl (C=O) groups excluding carboxylic acids is 1. The first-order chi connectivity index (χ1) is 9.70. The van der Waals surface area contributed by atoms with Gasteiger partial charge in [-0.2, -0.15) is 0 Å². The fourth-order valence-electron chi connectivity index (χ4n) is 1.83. The van der Waals surface area contributed by atoms with Gasteiger partial charge < -0.3 is 0 Å². The highest BCUT2D eigenvalue weighted by Crippen LogP contribution is 2.22. The lowest BCUT2D eigenvalue weighted by molar-refractivity contribution is -0.116. The summed E-state index contributed by atoms with van der Waals surface area (Å²) in [5, 5.41) is 1.98. The third-order valence-corrected chi connectivity index (χ3v) is 5.03. The van der Waals surface area contributed by atoms with Crippen molar-refractivity contribution >= 4 is 49.8 Å². The Balaban J connectivity index is 1.58. The first-order valence-corrected chi connectivity index (χ1v) is 8.68. The predicted octanol–water partition coefficient (Wildman–Crippen LogP) is 4.06. The third-order valence-electron chi connectivity index (χ3n) is 2.72. The van der Waals surface area contributed by atoms with Crippen LogP contribution in [0.15, 0.2) is 51.4 Å². The minimum Gasteiger partial charge on any atom is -0.298 e. The molecule has 0 unspecified atom stereocenters. The number of halogens is 1. The van der Waals surface area contributed by atoms with Gasteiger partial charge in [-0.05, 0) is 18.2 Å². The average Bonchev–Trinajstić information content (AvgIpc) is 2.97. The average molecular weight is 367 g/mol. The molecule has 0 radical (unpaired) electrons. The van der Waals surface area contributed by atoms with E-state index in [0.717, 1.165) is 20.0 Å². The van der Waals surface area contributed by atoms with Gasteiger partial charge in [0.2, 0.25) is 0 Å². The van der Waals surface area contributed by atoms with E-state index in [1.165, 1.54) is 0 Å². The summed E-state index contributed by atoms with van der Waals surface area (Å²) in [6.45, 7) is 0. The third kappa shape index (κ3) is 3.31. The molecular weight excluding hydrogens is 356 g/mol. The van der Waals surface area contributed by atoms with Crippen LogP contribution in [0.4, 0.5) is 0 Å². The van der Waals surface area contributed by atoms with E-state index < -0.39 is 0 Å². The van der Waals surface area contributed by atoms with Crippen molar-refractivity contribution in [3.63, 3.8) is 0 Å². The fourth-order valence-corrected chi connectivity index (χ4v) is 3.92. The maximum Gasteiger partial charge on any atom is 0.193 e. The van der Waals surface area contributed by atoms with Crippen LogP contribution >= 0.6 is 39.0 Å². The maximum absolute atomic E-state index is 12.0. The molecule has 20 heavy (non-hydrogen) atoms. The standard InChI is InChI=1S/C14H11BrN2OS2/c15-10-2-1-3-13(6-10)20-9-12(18)7-11-8-17-4-5-19-14(17)16-11/h1-6,8H,7,9H2. The quantitative estimate of drug-likeness (QED) is 0.638. The van der Waals surface area contributed by atoms with Gasteiger partial charge in [0.1, 0.15) is 5.78 Å². The summed E-state index contributed by atoms with van der Waals surface area (Å²) < 4.78 is 2.98. The molecule has 102 valence electrons. The zero-order chi connectivity index (χ0) is 13.9. The van der Waals surface area contributed by atoms with Crippen molar-refractivity contribution in [3.8, 4) is 0 Å². The SMILES string of the molecule is O=C(CSc1cccc(Br)c1)Cc1cn2ccsc2n1. The number of thioether (sulfide) groups is 1. The Morgan fingerprint density at radius 2 is 2.35 bits per heavy atom.